The Bertz CT molecular complexity index is 306. The van der Waals surface area contributed by atoms with E-state index < -0.39 is 0 Å². The molecule has 0 bridgehead atoms. The third kappa shape index (κ3) is 5.76. The molecular weight excluding hydrogens is 286 g/mol. The normalized spacial score (nSPS) is 24.1. The Labute approximate surface area is 136 Å². The number of piperidine rings is 1. The summed E-state index contributed by atoms with van der Waals surface area (Å²) in [6.07, 6.45) is 6.98. The number of nitrogens with one attached hydrogen (secondary N) is 1. The lowest BCUT2D eigenvalue weighted by molar-refractivity contribution is -0.132. The largest absolute Gasteiger partial charge is 0.340 e. The lowest BCUT2D eigenvalue weighted by Crippen LogP contribution is -2.39. The number of rotatable bonds is 6. The fraction of sp³-hybridized carbons (Fsp3) is 0.938. The van der Waals surface area contributed by atoms with Crippen LogP contribution in [0.25, 0.3) is 0 Å². The molecule has 21 heavy (non-hydrogen) atoms. The molecule has 5 heteroatoms. The Hall–Kier alpha value is -0.320. The topological polar surface area (TPSA) is 35.6 Å². The lowest BCUT2D eigenvalue weighted by Gasteiger charge is -2.32. The fourth-order valence-corrected chi connectivity index (χ4v) is 3.55. The average Bonchev–Trinajstić information content (AvgIpc) is 2.90. The van der Waals surface area contributed by atoms with Crippen molar-refractivity contribution in [1.29, 1.82) is 0 Å². The van der Waals surface area contributed by atoms with Gasteiger partial charge in [0.25, 0.3) is 0 Å². The maximum atomic E-state index is 12.2. The van der Waals surface area contributed by atoms with E-state index in [4.69, 9.17) is 0 Å². The minimum absolute atomic E-state index is 0. The van der Waals surface area contributed by atoms with Gasteiger partial charge in [0.1, 0.15) is 0 Å². The zero-order valence-corrected chi connectivity index (χ0v) is 14.5. The van der Waals surface area contributed by atoms with Crippen LogP contribution in [-0.4, -0.2) is 61.5 Å². The van der Waals surface area contributed by atoms with Crippen LogP contribution in [0.1, 0.15) is 45.4 Å². The van der Waals surface area contributed by atoms with Gasteiger partial charge in [-0.2, -0.15) is 0 Å². The maximum absolute atomic E-state index is 12.2. The van der Waals surface area contributed by atoms with Crippen LogP contribution in [-0.2, 0) is 4.79 Å². The molecule has 2 aliphatic heterocycles. The first-order valence-corrected chi connectivity index (χ1v) is 8.37. The lowest BCUT2D eigenvalue weighted by atomic mass is 9.93. The summed E-state index contributed by atoms with van der Waals surface area (Å²) < 4.78 is 0. The number of nitrogens with zero attached hydrogens (tertiary/aromatic N) is 2. The van der Waals surface area contributed by atoms with Gasteiger partial charge in [0.05, 0.1) is 0 Å². The molecule has 4 nitrogen and oxygen atoms in total. The molecule has 2 fully saturated rings. The Morgan fingerprint density at radius 3 is 2.48 bits per heavy atom. The monoisotopic (exact) mass is 317 g/mol. The van der Waals surface area contributed by atoms with Crippen LogP contribution >= 0.6 is 12.4 Å². The van der Waals surface area contributed by atoms with Crippen molar-refractivity contribution in [3.05, 3.63) is 0 Å². The molecule has 1 unspecified atom stereocenters. The molecule has 0 saturated carbocycles. The quantitative estimate of drug-likeness (QED) is 0.815. The summed E-state index contributed by atoms with van der Waals surface area (Å²) in [5.41, 5.74) is 0. The first-order chi connectivity index (χ1) is 9.70. The fourth-order valence-electron chi connectivity index (χ4n) is 3.55. The van der Waals surface area contributed by atoms with Crippen LogP contribution in [0.15, 0.2) is 0 Å². The van der Waals surface area contributed by atoms with Crippen molar-refractivity contribution >= 4 is 18.3 Å². The van der Waals surface area contributed by atoms with E-state index in [9.17, 15) is 4.79 Å². The first-order valence-electron chi connectivity index (χ1n) is 8.37. The van der Waals surface area contributed by atoms with Crippen LogP contribution in [0.3, 0.4) is 0 Å². The van der Waals surface area contributed by atoms with Crippen molar-refractivity contribution in [1.82, 2.24) is 15.1 Å². The second-order valence-electron chi connectivity index (χ2n) is 6.51. The van der Waals surface area contributed by atoms with Crippen LogP contribution in [0.5, 0.6) is 0 Å². The molecule has 0 aliphatic carbocycles. The molecule has 1 amide bonds. The number of carbonyl (C=O) groups is 1. The highest BCUT2D eigenvalue weighted by atomic mass is 35.5. The van der Waals surface area contributed by atoms with Crippen molar-refractivity contribution in [2.75, 3.05) is 39.8 Å². The summed E-state index contributed by atoms with van der Waals surface area (Å²) in [4.78, 5) is 16.8. The highest BCUT2D eigenvalue weighted by Gasteiger charge is 2.25. The molecular formula is C16H32ClN3O. The summed E-state index contributed by atoms with van der Waals surface area (Å²) in [5.74, 6) is 1.25. The van der Waals surface area contributed by atoms with Crippen molar-refractivity contribution in [2.45, 2.75) is 51.5 Å². The van der Waals surface area contributed by atoms with Crippen LogP contribution in [0.2, 0.25) is 0 Å². The van der Waals surface area contributed by atoms with Crippen LogP contribution < -0.4 is 5.32 Å². The predicted octanol–water partition coefficient (Wildman–Crippen LogP) is 2.13. The van der Waals surface area contributed by atoms with E-state index in [0.717, 1.165) is 25.6 Å². The molecule has 2 aliphatic rings. The number of halogens is 1. The Kier molecular flexibility index (Phi) is 8.60. The van der Waals surface area contributed by atoms with E-state index in [1.165, 1.54) is 45.2 Å². The number of hydrogen-bond acceptors (Lipinski definition) is 3. The van der Waals surface area contributed by atoms with Gasteiger partial charge in [-0.25, -0.2) is 0 Å². The third-order valence-corrected chi connectivity index (χ3v) is 5.02. The highest BCUT2D eigenvalue weighted by Crippen LogP contribution is 2.21. The van der Waals surface area contributed by atoms with E-state index in [-0.39, 0.29) is 12.4 Å². The Balaban J connectivity index is 0.00000220. The number of hydrogen-bond donors (Lipinski definition) is 1. The number of amides is 1. The van der Waals surface area contributed by atoms with Crippen molar-refractivity contribution in [2.24, 2.45) is 5.92 Å². The Morgan fingerprint density at radius 2 is 1.90 bits per heavy atom. The van der Waals surface area contributed by atoms with Crippen LogP contribution in [0.4, 0.5) is 0 Å². The summed E-state index contributed by atoms with van der Waals surface area (Å²) in [6.45, 7) is 7.61. The predicted molar refractivity (Wildman–Crippen MR) is 90.0 cm³/mol. The smallest absolute Gasteiger partial charge is 0.224 e. The van der Waals surface area contributed by atoms with Gasteiger partial charge < -0.3 is 15.1 Å². The minimum Gasteiger partial charge on any atom is -0.340 e. The molecule has 2 rings (SSSR count). The molecule has 1 N–H and O–H groups in total. The minimum atomic E-state index is 0. The number of carbonyl (C=O) groups excluding carboxylic acids is 1. The first kappa shape index (κ1) is 18.7. The molecule has 124 valence electrons. The molecule has 2 heterocycles. The summed E-state index contributed by atoms with van der Waals surface area (Å²) in [5, 5.41) is 3.24. The van der Waals surface area contributed by atoms with Gasteiger partial charge in [-0.05, 0) is 71.6 Å². The van der Waals surface area contributed by atoms with Crippen molar-refractivity contribution < 1.29 is 4.79 Å². The molecule has 1 atom stereocenters. The highest BCUT2D eigenvalue weighted by molar-refractivity contribution is 5.85. The summed E-state index contributed by atoms with van der Waals surface area (Å²) >= 11 is 0. The van der Waals surface area contributed by atoms with Gasteiger partial charge >= 0.3 is 0 Å². The van der Waals surface area contributed by atoms with Gasteiger partial charge in [-0.15, -0.1) is 12.4 Å². The summed E-state index contributed by atoms with van der Waals surface area (Å²) in [6, 6.07) is 0.467. The second-order valence-corrected chi connectivity index (χ2v) is 6.51. The SMILES string of the molecule is CNCCC1CCN(CCC(=O)N2CCCC2C)CC1.Cl. The number of likely N-dealkylation sites (tertiary alicyclic amines) is 2. The third-order valence-electron chi connectivity index (χ3n) is 5.02. The summed E-state index contributed by atoms with van der Waals surface area (Å²) in [7, 11) is 2.03. The van der Waals surface area contributed by atoms with Crippen molar-refractivity contribution in [3.8, 4) is 0 Å². The van der Waals surface area contributed by atoms with E-state index in [2.05, 4.69) is 22.0 Å². The zero-order chi connectivity index (χ0) is 14.4. The molecule has 0 aromatic rings. The van der Waals surface area contributed by atoms with E-state index in [1.807, 2.05) is 7.05 Å². The standard InChI is InChI=1S/C16H31N3O.ClH/c1-14-4-3-10-19(14)16(20)8-13-18-11-6-15(7-12-18)5-9-17-2;/h14-15,17H,3-13H2,1-2H3;1H. The molecule has 0 radical (unpaired) electrons. The molecule has 0 aromatic carbocycles. The van der Waals surface area contributed by atoms with Gasteiger partial charge in [0, 0.05) is 25.6 Å². The average molecular weight is 318 g/mol. The van der Waals surface area contributed by atoms with E-state index in [0.29, 0.717) is 18.4 Å². The van der Waals surface area contributed by atoms with Gasteiger partial charge in [-0.3, -0.25) is 4.79 Å². The van der Waals surface area contributed by atoms with Crippen LogP contribution in [0, 0.1) is 5.92 Å². The van der Waals surface area contributed by atoms with E-state index >= 15 is 0 Å². The molecule has 0 aromatic heterocycles. The van der Waals surface area contributed by atoms with Gasteiger partial charge in [0.15, 0.2) is 0 Å². The van der Waals surface area contributed by atoms with Gasteiger partial charge in [-0.1, -0.05) is 0 Å². The second kappa shape index (κ2) is 9.65. The van der Waals surface area contributed by atoms with Gasteiger partial charge in [0.2, 0.25) is 5.91 Å². The Morgan fingerprint density at radius 1 is 1.19 bits per heavy atom. The molecule has 2 saturated heterocycles. The van der Waals surface area contributed by atoms with Crippen molar-refractivity contribution in [3.63, 3.8) is 0 Å². The zero-order valence-electron chi connectivity index (χ0n) is 13.6. The van der Waals surface area contributed by atoms with E-state index in [1.54, 1.807) is 0 Å². The molecule has 0 spiro atoms. The maximum Gasteiger partial charge on any atom is 0.224 e.